The summed E-state index contributed by atoms with van der Waals surface area (Å²) >= 11 is 1.72. The maximum absolute atomic E-state index is 11.8. The molecule has 0 aromatic carbocycles. The second-order valence-corrected chi connectivity index (χ2v) is 6.62. The molecule has 19 heavy (non-hydrogen) atoms. The van der Waals surface area contributed by atoms with Crippen molar-refractivity contribution < 1.29 is 18.3 Å². The highest BCUT2D eigenvalue weighted by Crippen LogP contribution is 2.07. The predicted octanol–water partition coefficient (Wildman–Crippen LogP) is 0.389. The van der Waals surface area contributed by atoms with Gasteiger partial charge in [-0.3, -0.25) is 9.48 Å². The van der Waals surface area contributed by atoms with Crippen LogP contribution in [0.4, 0.5) is 0 Å². The number of thioether (sulfide) groups is 1. The molecule has 0 atom stereocenters. The molecule has 0 saturated heterocycles. The van der Waals surface area contributed by atoms with Crippen LogP contribution in [0.5, 0.6) is 0 Å². The number of aromatic nitrogens is 2. The molecule has 0 unspecified atom stereocenters. The van der Waals surface area contributed by atoms with Crippen LogP contribution in [-0.4, -0.2) is 47.8 Å². The van der Waals surface area contributed by atoms with E-state index in [1.54, 1.807) is 11.8 Å². The average molecular weight is 307 g/mol. The zero-order chi connectivity index (χ0) is 14.3. The Morgan fingerprint density at radius 1 is 1.53 bits per heavy atom. The summed E-state index contributed by atoms with van der Waals surface area (Å²) < 4.78 is 27.2. The number of unbranched alkanes of at least 4 members (excludes halogenated alkanes) is 1. The molecule has 9 heteroatoms. The Labute approximate surface area is 116 Å². The minimum atomic E-state index is -3.60. The maximum Gasteiger partial charge on any atom is 0.325 e. The molecule has 1 aromatic rings. The molecule has 0 bridgehead atoms. The summed E-state index contributed by atoms with van der Waals surface area (Å²) in [6.45, 7) is 0.0102. The van der Waals surface area contributed by atoms with Crippen LogP contribution >= 0.6 is 11.8 Å². The van der Waals surface area contributed by atoms with Crippen LogP contribution in [0.15, 0.2) is 17.3 Å². The zero-order valence-corrected chi connectivity index (χ0v) is 12.2. The summed E-state index contributed by atoms with van der Waals surface area (Å²) in [6, 6.07) is 0. The number of aliphatic carboxylic acids is 1. The Kier molecular flexibility index (Phi) is 6.32. The summed E-state index contributed by atoms with van der Waals surface area (Å²) in [4.78, 5) is 10.5. The highest BCUT2D eigenvalue weighted by Gasteiger charge is 2.16. The minimum Gasteiger partial charge on any atom is -0.480 e. The van der Waals surface area contributed by atoms with Crippen LogP contribution in [0.2, 0.25) is 0 Å². The fraction of sp³-hybridized carbons (Fsp3) is 0.600. The summed E-state index contributed by atoms with van der Waals surface area (Å²) in [6.07, 6.45) is 6.07. The molecule has 0 fully saturated rings. The fourth-order valence-corrected chi connectivity index (χ4v) is 2.89. The molecule has 0 amide bonds. The predicted molar refractivity (Wildman–Crippen MR) is 72.7 cm³/mol. The van der Waals surface area contributed by atoms with Gasteiger partial charge in [0.15, 0.2) is 0 Å². The highest BCUT2D eigenvalue weighted by molar-refractivity contribution is 7.98. The van der Waals surface area contributed by atoms with Crippen molar-refractivity contribution in [3.8, 4) is 0 Å². The molecule has 0 aliphatic rings. The quantitative estimate of drug-likeness (QED) is 0.640. The van der Waals surface area contributed by atoms with Crippen LogP contribution in [0, 0.1) is 0 Å². The number of carboxylic acid groups (broad SMARTS) is 1. The Morgan fingerprint density at radius 2 is 2.26 bits per heavy atom. The van der Waals surface area contributed by atoms with Crippen LogP contribution in [0.1, 0.15) is 12.8 Å². The lowest BCUT2D eigenvalue weighted by Crippen LogP contribution is -2.24. The van der Waals surface area contributed by atoms with Gasteiger partial charge in [0.2, 0.25) is 10.0 Å². The van der Waals surface area contributed by atoms with Gasteiger partial charge in [-0.1, -0.05) is 0 Å². The van der Waals surface area contributed by atoms with Crippen molar-refractivity contribution in [2.45, 2.75) is 24.3 Å². The van der Waals surface area contributed by atoms with Crippen molar-refractivity contribution >= 4 is 27.8 Å². The van der Waals surface area contributed by atoms with E-state index in [-0.39, 0.29) is 11.4 Å². The summed E-state index contributed by atoms with van der Waals surface area (Å²) in [5, 5.41) is 12.3. The first kappa shape index (κ1) is 16.0. The third-order valence-corrected chi connectivity index (χ3v) is 4.40. The van der Waals surface area contributed by atoms with Crippen molar-refractivity contribution in [2.24, 2.45) is 0 Å². The molecule has 1 aromatic heterocycles. The first-order valence-corrected chi connectivity index (χ1v) is 8.56. The van der Waals surface area contributed by atoms with Crippen molar-refractivity contribution in [3.05, 3.63) is 12.4 Å². The normalized spacial score (nSPS) is 11.6. The van der Waals surface area contributed by atoms with Crippen LogP contribution in [-0.2, 0) is 21.4 Å². The molecule has 0 saturated carbocycles. The van der Waals surface area contributed by atoms with Gasteiger partial charge in [0, 0.05) is 12.7 Å². The van der Waals surface area contributed by atoms with E-state index in [4.69, 9.17) is 5.11 Å². The highest BCUT2D eigenvalue weighted by atomic mass is 32.2. The van der Waals surface area contributed by atoms with E-state index >= 15 is 0 Å². The number of nitrogens with zero attached hydrogens (tertiary/aromatic N) is 2. The first-order chi connectivity index (χ1) is 8.95. The number of hydrogen-bond acceptors (Lipinski definition) is 5. The van der Waals surface area contributed by atoms with Crippen LogP contribution in [0.25, 0.3) is 0 Å². The Morgan fingerprint density at radius 3 is 2.89 bits per heavy atom. The molecular formula is C10H17N3O4S2. The van der Waals surface area contributed by atoms with Gasteiger partial charge in [-0.15, -0.1) is 0 Å². The molecular weight excluding hydrogens is 290 g/mol. The zero-order valence-electron chi connectivity index (χ0n) is 10.6. The number of sulfonamides is 1. The summed E-state index contributed by atoms with van der Waals surface area (Å²) in [7, 11) is -3.60. The molecule has 0 spiro atoms. The van der Waals surface area contributed by atoms with Crippen molar-refractivity contribution in [3.63, 3.8) is 0 Å². The molecule has 108 valence electrons. The Balaban J connectivity index is 2.52. The second kappa shape index (κ2) is 7.51. The van der Waals surface area contributed by atoms with E-state index in [0.29, 0.717) is 6.54 Å². The van der Waals surface area contributed by atoms with Gasteiger partial charge in [0.1, 0.15) is 11.4 Å². The van der Waals surface area contributed by atoms with E-state index in [1.807, 2.05) is 6.26 Å². The van der Waals surface area contributed by atoms with Gasteiger partial charge in [0.05, 0.1) is 6.20 Å². The second-order valence-electron chi connectivity index (χ2n) is 3.87. The standard InChI is InChI=1S/C10H17N3O4S2/c1-18-5-3-2-4-12-19(16,17)9-6-11-13(7-9)8-10(14)15/h6-7,12H,2-5,8H2,1H3,(H,14,15). The minimum absolute atomic E-state index is 0.0152. The van der Waals surface area contributed by atoms with Gasteiger partial charge < -0.3 is 5.11 Å². The van der Waals surface area contributed by atoms with Gasteiger partial charge in [0.25, 0.3) is 0 Å². The third-order valence-electron chi connectivity index (χ3n) is 2.28. The lowest BCUT2D eigenvalue weighted by Gasteiger charge is -2.03. The third kappa shape index (κ3) is 5.62. The number of carboxylic acids is 1. The SMILES string of the molecule is CSCCCCNS(=O)(=O)c1cnn(CC(=O)O)c1. The van der Waals surface area contributed by atoms with E-state index < -0.39 is 16.0 Å². The first-order valence-electron chi connectivity index (χ1n) is 5.68. The molecule has 0 radical (unpaired) electrons. The van der Waals surface area contributed by atoms with Gasteiger partial charge in [-0.2, -0.15) is 16.9 Å². The maximum atomic E-state index is 11.8. The van der Waals surface area contributed by atoms with Gasteiger partial charge >= 0.3 is 5.97 Å². The number of rotatable bonds is 9. The lowest BCUT2D eigenvalue weighted by molar-refractivity contribution is -0.137. The van der Waals surface area contributed by atoms with Crippen molar-refractivity contribution in [1.29, 1.82) is 0 Å². The fourth-order valence-electron chi connectivity index (χ4n) is 1.37. The molecule has 2 N–H and O–H groups in total. The van der Waals surface area contributed by atoms with Crippen molar-refractivity contribution in [2.75, 3.05) is 18.6 Å². The van der Waals surface area contributed by atoms with E-state index in [9.17, 15) is 13.2 Å². The van der Waals surface area contributed by atoms with E-state index in [1.165, 1.54) is 6.20 Å². The average Bonchev–Trinajstić information content (AvgIpc) is 2.77. The van der Waals surface area contributed by atoms with Crippen LogP contribution in [0.3, 0.4) is 0 Å². The molecule has 0 aliphatic heterocycles. The number of hydrogen-bond donors (Lipinski definition) is 2. The number of carbonyl (C=O) groups is 1. The van der Waals surface area contributed by atoms with Gasteiger partial charge in [-0.25, -0.2) is 13.1 Å². The Bertz CT molecular complexity index is 513. The van der Waals surface area contributed by atoms with Crippen LogP contribution < -0.4 is 4.72 Å². The monoisotopic (exact) mass is 307 g/mol. The molecule has 1 heterocycles. The summed E-state index contributed by atoms with van der Waals surface area (Å²) in [5.41, 5.74) is 0. The van der Waals surface area contributed by atoms with E-state index in [0.717, 1.165) is 29.5 Å². The van der Waals surface area contributed by atoms with Crippen molar-refractivity contribution in [1.82, 2.24) is 14.5 Å². The Hall–Kier alpha value is -1.06. The smallest absolute Gasteiger partial charge is 0.325 e. The lowest BCUT2D eigenvalue weighted by atomic mass is 10.3. The van der Waals surface area contributed by atoms with E-state index in [2.05, 4.69) is 9.82 Å². The summed E-state index contributed by atoms with van der Waals surface area (Å²) in [5.74, 6) is -0.0739. The topological polar surface area (TPSA) is 101 Å². The van der Waals surface area contributed by atoms with Gasteiger partial charge in [-0.05, 0) is 24.9 Å². The molecule has 7 nitrogen and oxygen atoms in total. The molecule has 0 aliphatic carbocycles. The molecule has 1 rings (SSSR count). The number of nitrogens with one attached hydrogen (secondary N) is 1. The largest absolute Gasteiger partial charge is 0.480 e.